The highest BCUT2D eigenvalue weighted by Crippen LogP contribution is 2.44. The van der Waals surface area contributed by atoms with Crippen LogP contribution in [0.5, 0.6) is 0 Å². The topological polar surface area (TPSA) is 21.3 Å². The molecular formula is C60H40N2O. The van der Waals surface area contributed by atoms with Gasteiger partial charge in [-0.1, -0.05) is 188 Å². The highest BCUT2D eigenvalue weighted by atomic mass is 16.3. The minimum absolute atomic E-state index is 0.899. The third kappa shape index (κ3) is 6.29. The molecule has 0 saturated heterocycles. The Morgan fingerprint density at radius 2 is 0.841 bits per heavy atom. The second-order valence-corrected chi connectivity index (χ2v) is 16.1. The first-order chi connectivity index (χ1) is 31.3. The molecule has 0 radical (unpaired) electrons. The van der Waals surface area contributed by atoms with Crippen LogP contribution >= 0.6 is 0 Å². The summed E-state index contributed by atoms with van der Waals surface area (Å²) in [6.07, 6.45) is 0. The van der Waals surface area contributed by atoms with E-state index in [2.05, 4.69) is 240 Å². The van der Waals surface area contributed by atoms with Crippen LogP contribution in [0.4, 0.5) is 17.1 Å². The van der Waals surface area contributed by atoms with E-state index < -0.39 is 0 Å². The Morgan fingerprint density at radius 1 is 0.317 bits per heavy atom. The summed E-state index contributed by atoms with van der Waals surface area (Å²) in [4.78, 5) is 2.40. The van der Waals surface area contributed by atoms with Crippen LogP contribution < -0.4 is 4.90 Å². The maximum absolute atomic E-state index is 6.48. The number of hydrogen-bond acceptors (Lipinski definition) is 2. The number of benzene rings is 10. The third-order valence-electron chi connectivity index (χ3n) is 12.4. The molecular weight excluding hydrogens is 765 g/mol. The monoisotopic (exact) mass is 804 g/mol. The van der Waals surface area contributed by atoms with Gasteiger partial charge in [0.2, 0.25) is 0 Å². The number of nitrogens with zero attached hydrogens (tertiary/aromatic N) is 2. The van der Waals surface area contributed by atoms with Crippen molar-refractivity contribution in [2.75, 3.05) is 4.90 Å². The quantitative estimate of drug-likeness (QED) is 0.153. The molecule has 0 aliphatic carbocycles. The van der Waals surface area contributed by atoms with E-state index in [0.717, 1.165) is 78.1 Å². The molecule has 0 aliphatic heterocycles. The van der Waals surface area contributed by atoms with Crippen LogP contribution in [0, 0.1) is 0 Å². The van der Waals surface area contributed by atoms with E-state index in [1.165, 1.54) is 32.9 Å². The minimum Gasteiger partial charge on any atom is -0.455 e. The van der Waals surface area contributed by atoms with E-state index in [1.54, 1.807) is 0 Å². The molecule has 10 aromatic carbocycles. The standard InChI is InChI=1S/C60H40N2O/c1-2-16-41(17-3-1)42-32-34-43(35-33-42)48-20-4-9-27-55(48)61(46-38-36-44(37-39-46)50-25-15-26-54-53-24-8-13-31-59(53)63-60(50)54)47-19-14-18-45(40-47)49-21-5-10-28-56(49)62-57-29-11-6-22-51(57)52-23-7-12-30-58(52)62/h1-40H. The Balaban J connectivity index is 1.01. The number of fused-ring (bicyclic) bond motifs is 6. The summed E-state index contributed by atoms with van der Waals surface area (Å²) in [5.74, 6) is 0. The fourth-order valence-electron chi connectivity index (χ4n) is 9.48. The van der Waals surface area contributed by atoms with Gasteiger partial charge in [-0.3, -0.25) is 0 Å². The van der Waals surface area contributed by atoms with E-state index in [-0.39, 0.29) is 0 Å². The summed E-state index contributed by atoms with van der Waals surface area (Å²) in [6.45, 7) is 0. The number of hydrogen-bond donors (Lipinski definition) is 0. The maximum atomic E-state index is 6.48. The summed E-state index contributed by atoms with van der Waals surface area (Å²) >= 11 is 0. The van der Waals surface area contributed by atoms with E-state index in [1.807, 2.05) is 12.1 Å². The third-order valence-corrected chi connectivity index (χ3v) is 12.4. The molecule has 0 atom stereocenters. The summed E-state index contributed by atoms with van der Waals surface area (Å²) in [7, 11) is 0. The van der Waals surface area contributed by atoms with Crippen LogP contribution in [-0.4, -0.2) is 4.57 Å². The van der Waals surface area contributed by atoms with Gasteiger partial charge in [0.25, 0.3) is 0 Å². The molecule has 0 saturated carbocycles. The van der Waals surface area contributed by atoms with Gasteiger partial charge in [-0.05, 0) is 82.4 Å². The van der Waals surface area contributed by atoms with Crippen molar-refractivity contribution < 1.29 is 4.42 Å². The number of para-hydroxylation sites is 6. The van der Waals surface area contributed by atoms with E-state index in [0.29, 0.717) is 0 Å². The Labute approximate surface area is 366 Å². The molecule has 0 spiro atoms. The van der Waals surface area contributed by atoms with Gasteiger partial charge >= 0.3 is 0 Å². The van der Waals surface area contributed by atoms with Crippen molar-refractivity contribution >= 4 is 60.8 Å². The lowest BCUT2D eigenvalue weighted by atomic mass is 9.97. The van der Waals surface area contributed by atoms with Gasteiger partial charge in [-0.2, -0.15) is 0 Å². The second kappa shape index (κ2) is 15.3. The summed E-state index contributed by atoms with van der Waals surface area (Å²) < 4.78 is 8.90. The highest BCUT2D eigenvalue weighted by molar-refractivity contribution is 6.11. The number of furan rings is 1. The molecule has 0 fully saturated rings. The highest BCUT2D eigenvalue weighted by Gasteiger charge is 2.21. The first kappa shape index (κ1) is 36.5. The van der Waals surface area contributed by atoms with Crippen LogP contribution in [0.3, 0.4) is 0 Å². The van der Waals surface area contributed by atoms with Crippen molar-refractivity contribution in [3.05, 3.63) is 243 Å². The number of anilines is 3. The van der Waals surface area contributed by atoms with Gasteiger partial charge in [0, 0.05) is 49.6 Å². The average molecular weight is 805 g/mol. The van der Waals surface area contributed by atoms with Gasteiger partial charge in [-0.25, -0.2) is 0 Å². The molecule has 0 unspecified atom stereocenters. The fourth-order valence-corrected chi connectivity index (χ4v) is 9.48. The predicted molar refractivity (Wildman–Crippen MR) is 264 cm³/mol. The van der Waals surface area contributed by atoms with Crippen LogP contribution in [0.15, 0.2) is 247 Å². The molecule has 3 nitrogen and oxygen atoms in total. The largest absolute Gasteiger partial charge is 0.455 e. The molecule has 2 aromatic heterocycles. The second-order valence-electron chi connectivity index (χ2n) is 16.1. The molecule has 0 amide bonds. The first-order valence-corrected chi connectivity index (χ1v) is 21.5. The van der Waals surface area contributed by atoms with Gasteiger partial charge in [0.1, 0.15) is 11.2 Å². The smallest absolute Gasteiger partial charge is 0.143 e. The lowest BCUT2D eigenvalue weighted by molar-refractivity contribution is 0.670. The fraction of sp³-hybridized carbons (Fsp3) is 0. The molecule has 3 heteroatoms. The van der Waals surface area contributed by atoms with Gasteiger partial charge in [-0.15, -0.1) is 0 Å². The van der Waals surface area contributed by atoms with Gasteiger partial charge in [0.05, 0.1) is 22.4 Å². The molecule has 296 valence electrons. The first-order valence-electron chi connectivity index (χ1n) is 21.5. The van der Waals surface area contributed by atoms with Crippen molar-refractivity contribution in [1.29, 1.82) is 0 Å². The zero-order valence-electron chi connectivity index (χ0n) is 34.4. The molecule has 0 aliphatic rings. The Hall–Kier alpha value is -8.40. The average Bonchev–Trinajstić information content (AvgIpc) is 3.91. The van der Waals surface area contributed by atoms with Crippen LogP contribution in [0.25, 0.3) is 93.9 Å². The molecule has 63 heavy (non-hydrogen) atoms. The zero-order chi connectivity index (χ0) is 41.7. The summed E-state index contributed by atoms with van der Waals surface area (Å²) in [6, 6.07) is 87.1. The Morgan fingerprint density at radius 3 is 1.62 bits per heavy atom. The lowest BCUT2D eigenvalue weighted by Crippen LogP contribution is -2.11. The molecule has 12 rings (SSSR count). The molecule has 0 bridgehead atoms. The molecule has 0 N–H and O–H groups in total. The van der Waals surface area contributed by atoms with Crippen molar-refractivity contribution in [2.45, 2.75) is 0 Å². The normalized spacial score (nSPS) is 11.5. The van der Waals surface area contributed by atoms with Crippen LogP contribution in [0.2, 0.25) is 0 Å². The minimum atomic E-state index is 0.899. The van der Waals surface area contributed by atoms with E-state index in [9.17, 15) is 0 Å². The molecule has 2 heterocycles. The van der Waals surface area contributed by atoms with Gasteiger partial charge in [0.15, 0.2) is 0 Å². The van der Waals surface area contributed by atoms with Crippen molar-refractivity contribution in [1.82, 2.24) is 4.57 Å². The maximum Gasteiger partial charge on any atom is 0.143 e. The van der Waals surface area contributed by atoms with Crippen molar-refractivity contribution in [2.24, 2.45) is 0 Å². The van der Waals surface area contributed by atoms with Crippen molar-refractivity contribution in [3.63, 3.8) is 0 Å². The number of rotatable bonds is 8. The zero-order valence-corrected chi connectivity index (χ0v) is 34.4. The summed E-state index contributed by atoms with van der Waals surface area (Å²) in [5, 5.41) is 4.75. The van der Waals surface area contributed by atoms with Crippen LogP contribution in [-0.2, 0) is 0 Å². The van der Waals surface area contributed by atoms with E-state index in [4.69, 9.17) is 4.42 Å². The van der Waals surface area contributed by atoms with Gasteiger partial charge < -0.3 is 13.9 Å². The lowest BCUT2D eigenvalue weighted by Gasteiger charge is -2.28. The summed E-state index contributed by atoms with van der Waals surface area (Å²) in [5.41, 5.74) is 17.7. The molecule has 12 aromatic rings. The SMILES string of the molecule is c1ccc(-c2ccc(-c3ccccc3N(c3ccc(-c4cccc5c4oc4ccccc45)cc3)c3cccc(-c4ccccc4-n4c5ccccc5c5ccccc54)c3)cc2)cc1. The van der Waals surface area contributed by atoms with Crippen LogP contribution in [0.1, 0.15) is 0 Å². The number of aromatic nitrogens is 1. The predicted octanol–water partition coefficient (Wildman–Crippen LogP) is 16.8. The Kier molecular flexibility index (Phi) is 8.83. The van der Waals surface area contributed by atoms with E-state index >= 15 is 0 Å². The Bertz CT molecular complexity index is 3560. The van der Waals surface area contributed by atoms with Crippen molar-refractivity contribution in [3.8, 4) is 50.2 Å².